The first kappa shape index (κ1) is 14.7. The van der Waals surface area contributed by atoms with Crippen LogP contribution in [0.25, 0.3) is 0 Å². The van der Waals surface area contributed by atoms with Crippen molar-refractivity contribution in [3.05, 3.63) is 11.9 Å². The molecule has 1 aromatic heterocycles. The average Bonchev–Trinajstić information content (AvgIpc) is 2.39. The summed E-state index contributed by atoms with van der Waals surface area (Å²) in [7, 11) is 0. The molecular formula is C13H24N4O. The molecule has 0 aliphatic carbocycles. The largest absolute Gasteiger partial charge is 0.396 e. The van der Waals surface area contributed by atoms with E-state index in [1.807, 2.05) is 0 Å². The van der Waals surface area contributed by atoms with E-state index in [0.29, 0.717) is 0 Å². The van der Waals surface area contributed by atoms with Gasteiger partial charge in [0, 0.05) is 24.8 Å². The number of anilines is 2. The summed E-state index contributed by atoms with van der Waals surface area (Å²) in [5.74, 6) is 1.78. The van der Waals surface area contributed by atoms with Gasteiger partial charge in [-0.25, -0.2) is 9.97 Å². The highest BCUT2D eigenvalue weighted by Crippen LogP contribution is 2.21. The summed E-state index contributed by atoms with van der Waals surface area (Å²) in [6.07, 6.45) is 4.15. The van der Waals surface area contributed by atoms with Crippen LogP contribution < -0.4 is 10.6 Å². The summed E-state index contributed by atoms with van der Waals surface area (Å²) in [6, 6.07) is 0.254. The molecule has 5 heteroatoms. The summed E-state index contributed by atoms with van der Waals surface area (Å²) < 4.78 is 0. The lowest BCUT2D eigenvalue weighted by Crippen LogP contribution is -2.22. The lowest BCUT2D eigenvalue weighted by atomic mass is 10.1. The normalized spacial score (nSPS) is 12.2. The van der Waals surface area contributed by atoms with Crippen molar-refractivity contribution in [1.29, 1.82) is 0 Å². The fraction of sp³-hybridized carbons (Fsp3) is 0.692. The summed E-state index contributed by atoms with van der Waals surface area (Å²) >= 11 is 0. The first-order valence-electron chi connectivity index (χ1n) is 6.71. The third kappa shape index (κ3) is 3.84. The van der Waals surface area contributed by atoms with Crippen LogP contribution in [0, 0.1) is 0 Å². The second-order valence-electron chi connectivity index (χ2n) is 4.20. The number of aromatic nitrogens is 2. The van der Waals surface area contributed by atoms with E-state index in [9.17, 15) is 0 Å². The topological polar surface area (TPSA) is 70.1 Å². The summed E-state index contributed by atoms with van der Waals surface area (Å²) in [5, 5.41) is 15.7. The molecule has 1 aromatic rings. The second kappa shape index (κ2) is 7.87. The Morgan fingerprint density at radius 3 is 2.50 bits per heavy atom. The number of aliphatic hydroxyl groups excluding tert-OH is 1. The van der Waals surface area contributed by atoms with Gasteiger partial charge in [0.15, 0.2) is 0 Å². The van der Waals surface area contributed by atoms with Gasteiger partial charge in [0.1, 0.15) is 18.0 Å². The van der Waals surface area contributed by atoms with E-state index in [-0.39, 0.29) is 12.6 Å². The van der Waals surface area contributed by atoms with Gasteiger partial charge >= 0.3 is 0 Å². The summed E-state index contributed by atoms with van der Waals surface area (Å²) in [4.78, 5) is 8.59. The summed E-state index contributed by atoms with van der Waals surface area (Å²) in [5.41, 5.74) is 1.11. The highest BCUT2D eigenvalue weighted by Gasteiger charge is 2.12. The van der Waals surface area contributed by atoms with E-state index in [0.717, 1.165) is 43.0 Å². The van der Waals surface area contributed by atoms with E-state index in [1.54, 1.807) is 6.33 Å². The van der Waals surface area contributed by atoms with Crippen molar-refractivity contribution >= 4 is 11.6 Å². The number of hydrogen-bond donors (Lipinski definition) is 3. The van der Waals surface area contributed by atoms with E-state index in [1.165, 1.54) is 0 Å². The van der Waals surface area contributed by atoms with Crippen LogP contribution in [0.3, 0.4) is 0 Å². The van der Waals surface area contributed by atoms with Crippen LogP contribution >= 0.6 is 0 Å². The minimum Gasteiger partial charge on any atom is -0.396 e. The maximum absolute atomic E-state index is 9.03. The van der Waals surface area contributed by atoms with E-state index >= 15 is 0 Å². The Morgan fingerprint density at radius 1 is 1.22 bits per heavy atom. The number of aliphatic hydroxyl groups is 1. The maximum Gasteiger partial charge on any atom is 0.134 e. The van der Waals surface area contributed by atoms with Gasteiger partial charge in [0.05, 0.1) is 0 Å². The molecule has 0 fully saturated rings. The van der Waals surface area contributed by atoms with E-state index in [2.05, 4.69) is 41.4 Å². The Kier molecular flexibility index (Phi) is 6.43. The zero-order valence-electron chi connectivity index (χ0n) is 11.5. The first-order chi connectivity index (χ1) is 8.76. The first-order valence-corrected chi connectivity index (χ1v) is 6.71. The molecule has 5 nitrogen and oxygen atoms in total. The predicted molar refractivity (Wildman–Crippen MR) is 75.0 cm³/mol. The fourth-order valence-electron chi connectivity index (χ4n) is 1.92. The number of nitrogens with one attached hydrogen (secondary N) is 2. The van der Waals surface area contributed by atoms with Gasteiger partial charge in [-0.2, -0.15) is 0 Å². The lowest BCUT2D eigenvalue weighted by Gasteiger charge is -2.19. The summed E-state index contributed by atoms with van der Waals surface area (Å²) in [6.45, 7) is 7.29. The molecule has 0 bridgehead atoms. The molecule has 0 radical (unpaired) electrons. The third-order valence-electron chi connectivity index (χ3n) is 2.95. The van der Waals surface area contributed by atoms with Gasteiger partial charge in [-0.05, 0) is 26.2 Å². The number of nitrogens with zero attached hydrogens (tertiary/aromatic N) is 2. The van der Waals surface area contributed by atoms with Crippen molar-refractivity contribution in [3.63, 3.8) is 0 Å². The standard InChI is InChI=1S/C13H24N4O/c1-4-10(7-8-18)17-13-11(5-2)12(14-6-3)15-9-16-13/h9-10,18H,4-8H2,1-3H3,(H2,14,15,16,17). The molecule has 0 saturated carbocycles. The van der Waals surface area contributed by atoms with Gasteiger partial charge in [-0.3, -0.25) is 0 Å². The Balaban J connectivity index is 2.89. The molecule has 0 saturated heterocycles. The van der Waals surface area contributed by atoms with Crippen molar-refractivity contribution in [2.24, 2.45) is 0 Å². The van der Waals surface area contributed by atoms with Crippen LogP contribution in [0.15, 0.2) is 6.33 Å². The Hall–Kier alpha value is -1.36. The monoisotopic (exact) mass is 252 g/mol. The lowest BCUT2D eigenvalue weighted by molar-refractivity contribution is 0.278. The molecule has 1 unspecified atom stereocenters. The van der Waals surface area contributed by atoms with Crippen molar-refractivity contribution < 1.29 is 5.11 Å². The molecule has 0 aliphatic rings. The van der Waals surface area contributed by atoms with Gasteiger partial charge in [0.25, 0.3) is 0 Å². The fourth-order valence-corrected chi connectivity index (χ4v) is 1.92. The number of rotatable bonds is 8. The van der Waals surface area contributed by atoms with Gasteiger partial charge in [-0.15, -0.1) is 0 Å². The van der Waals surface area contributed by atoms with Gasteiger partial charge in [0.2, 0.25) is 0 Å². The molecule has 102 valence electrons. The SMILES string of the molecule is CCNc1ncnc(NC(CC)CCO)c1CC. The molecule has 0 spiro atoms. The van der Waals surface area contributed by atoms with Crippen molar-refractivity contribution in [2.75, 3.05) is 23.8 Å². The average molecular weight is 252 g/mol. The molecule has 18 heavy (non-hydrogen) atoms. The van der Waals surface area contributed by atoms with Crippen LogP contribution in [0.5, 0.6) is 0 Å². The zero-order valence-corrected chi connectivity index (χ0v) is 11.5. The van der Waals surface area contributed by atoms with Crippen LogP contribution in [-0.4, -0.2) is 34.3 Å². The van der Waals surface area contributed by atoms with Crippen LogP contribution in [0.1, 0.15) is 39.2 Å². The second-order valence-corrected chi connectivity index (χ2v) is 4.20. The van der Waals surface area contributed by atoms with Crippen molar-refractivity contribution in [3.8, 4) is 0 Å². The molecular weight excluding hydrogens is 228 g/mol. The van der Waals surface area contributed by atoms with Gasteiger partial charge in [-0.1, -0.05) is 13.8 Å². The molecule has 1 rings (SSSR count). The van der Waals surface area contributed by atoms with Crippen molar-refractivity contribution in [1.82, 2.24) is 9.97 Å². The Labute approximate surface area is 109 Å². The van der Waals surface area contributed by atoms with E-state index < -0.39 is 0 Å². The van der Waals surface area contributed by atoms with Crippen LogP contribution in [0.4, 0.5) is 11.6 Å². The molecule has 0 amide bonds. The zero-order chi connectivity index (χ0) is 13.4. The third-order valence-corrected chi connectivity index (χ3v) is 2.95. The molecule has 0 aromatic carbocycles. The molecule has 0 aliphatic heterocycles. The van der Waals surface area contributed by atoms with Crippen LogP contribution in [0.2, 0.25) is 0 Å². The molecule has 1 atom stereocenters. The Bertz CT molecular complexity index is 357. The van der Waals surface area contributed by atoms with Gasteiger partial charge < -0.3 is 15.7 Å². The Morgan fingerprint density at radius 2 is 1.94 bits per heavy atom. The van der Waals surface area contributed by atoms with Crippen molar-refractivity contribution in [2.45, 2.75) is 46.1 Å². The van der Waals surface area contributed by atoms with Crippen LogP contribution in [-0.2, 0) is 6.42 Å². The predicted octanol–water partition coefficient (Wildman–Crippen LogP) is 2.04. The maximum atomic E-state index is 9.03. The minimum absolute atomic E-state index is 0.193. The minimum atomic E-state index is 0.193. The smallest absolute Gasteiger partial charge is 0.134 e. The quantitative estimate of drug-likeness (QED) is 0.660. The highest BCUT2D eigenvalue weighted by atomic mass is 16.3. The molecule has 1 heterocycles. The van der Waals surface area contributed by atoms with E-state index in [4.69, 9.17) is 5.11 Å². The highest BCUT2D eigenvalue weighted by molar-refractivity contribution is 5.57. The number of hydrogen-bond acceptors (Lipinski definition) is 5. The molecule has 3 N–H and O–H groups in total.